The summed E-state index contributed by atoms with van der Waals surface area (Å²) in [5.41, 5.74) is 1.97. The first-order chi connectivity index (χ1) is 8.20. The van der Waals surface area contributed by atoms with E-state index >= 15 is 0 Å². The number of rotatable bonds is 3. The number of nitrogens with zero attached hydrogens (tertiary/aromatic N) is 1. The van der Waals surface area contributed by atoms with E-state index in [0.29, 0.717) is 6.04 Å². The summed E-state index contributed by atoms with van der Waals surface area (Å²) >= 11 is 0. The van der Waals surface area contributed by atoms with Crippen molar-refractivity contribution in [2.75, 3.05) is 11.9 Å². The van der Waals surface area contributed by atoms with Gasteiger partial charge in [0.15, 0.2) is 0 Å². The van der Waals surface area contributed by atoms with Crippen LogP contribution in [0.3, 0.4) is 0 Å². The molecule has 0 aromatic heterocycles. The molecule has 2 nitrogen and oxygen atoms in total. The van der Waals surface area contributed by atoms with Crippen LogP contribution in [0.25, 0.3) is 0 Å². The smallest absolute Gasteiger partial charge is 0.150 e. The second kappa shape index (κ2) is 5.35. The monoisotopic (exact) mass is 231 g/mol. The third-order valence-electron chi connectivity index (χ3n) is 3.97. The molecule has 0 radical (unpaired) electrons. The van der Waals surface area contributed by atoms with Crippen LogP contribution in [0.2, 0.25) is 0 Å². The van der Waals surface area contributed by atoms with Gasteiger partial charge in [-0.3, -0.25) is 4.79 Å². The Hall–Kier alpha value is -1.31. The molecule has 0 bridgehead atoms. The molecule has 1 aromatic carbocycles. The summed E-state index contributed by atoms with van der Waals surface area (Å²) in [4.78, 5) is 13.0. The predicted octanol–water partition coefficient (Wildman–Crippen LogP) is 3.51. The maximum atomic E-state index is 10.6. The van der Waals surface area contributed by atoms with E-state index in [2.05, 4.69) is 18.9 Å². The molecule has 1 fully saturated rings. The zero-order valence-corrected chi connectivity index (χ0v) is 10.7. The molecule has 0 heterocycles. The first kappa shape index (κ1) is 12.2. The molecule has 1 aromatic rings. The molecule has 0 aliphatic heterocycles. The molecule has 2 rings (SSSR count). The summed E-state index contributed by atoms with van der Waals surface area (Å²) in [5.74, 6) is 0.886. The van der Waals surface area contributed by atoms with Crippen LogP contribution in [0.4, 0.5) is 5.69 Å². The van der Waals surface area contributed by atoms with Gasteiger partial charge in [0.25, 0.3) is 0 Å². The quantitative estimate of drug-likeness (QED) is 0.742. The van der Waals surface area contributed by atoms with Crippen LogP contribution in [0, 0.1) is 5.92 Å². The second-order valence-electron chi connectivity index (χ2n) is 5.23. The Bertz CT molecular complexity index is 363. The molecule has 1 aliphatic carbocycles. The molecular weight excluding hydrogens is 210 g/mol. The number of hydrogen-bond acceptors (Lipinski definition) is 2. The van der Waals surface area contributed by atoms with Crippen LogP contribution in [0.5, 0.6) is 0 Å². The van der Waals surface area contributed by atoms with Crippen LogP contribution in [0.15, 0.2) is 24.3 Å². The van der Waals surface area contributed by atoms with Crippen molar-refractivity contribution in [2.45, 2.75) is 38.6 Å². The van der Waals surface area contributed by atoms with E-state index in [4.69, 9.17) is 0 Å². The Balaban J connectivity index is 2.03. The van der Waals surface area contributed by atoms with Crippen molar-refractivity contribution >= 4 is 12.0 Å². The van der Waals surface area contributed by atoms with Crippen molar-refractivity contribution in [2.24, 2.45) is 5.92 Å². The summed E-state index contributed by atoms with van der Waals surface area (Å²) in [6.45, 7) is 2.34. The van der Waals surface area contributed by atoms with Crippen LogP contribution in [0.1, 0.15) is 43.0 Å². The molecule has 0 unspecified atom stereocenters. The van der Waals surface area contributed by atoms with Crippen molar-refractivity contribution in [1.29, 1.82) is 0 Å². The topological polar surface area (TPSA) is 20.3 Å². The predicted molar refractivity (Wildman–Crippen MR) is 71.7 cm³/mol. The number of aldehydes is 1. The number of carbonyl (C=O) groups excluding carboxylic acids is 1. The van der Waals surface area contributed by atoms with Crippen molar-refractivity contribution < 1.29 is 4.79 Å². The van der Waals surface area contributed by atoms with Gasteiger partial charge in [-0.2, -0.15) is 0 Å². The van der Waals surface area contributed by atoms with E-state index < -0.39 is 0 Å². The third-order valence-corrected chi connectivity index (χ3v) is 3.97. The first-order valence-corrected chi connectivity index (χ1v) is 6.49. The van der Waals surface area contributed by atoms with Gasteiger partial charge in [-0.1, -0.05) is 6.92 Å². The summed E-state index contributed by atoms with van der Waals surface area (Å²) in [7, 11) is 2.16. The van der Waals surface area contributed by atoms with E-state index in [1.807, 2.05) is 24.3 Å². The molecule has 0 N–H and O–H groups in total. The Kier molecular flexibility index (Phi) is 3.82. The van der Waals surface area contributed by atoms with Crippen LogP contribution < -0.4 is 4.90 Å². The van der Waals surface area contributed by atoms with Gasteiger partial charge in [0, 0.05) is 24.3 Å². The highest BCUT2D eigenvalue weighted by atomic mass is 16.1. The van der Waals surface area contributed by atoms with Crippen LogP contribution in [-0.4, -0.2) is 19.4 Å². The van der Waals surface area contributed by atoms with Crippen molar-refractivity contribution in [3.63, 3.8) is 0 Å². The minimum atomic E-state index is 0.660. The lowest BCUT2D eigenvalue weighted by Gasteiger charge is -2.35. The molecule has 0 spiro atoms. The minimum absolute atomic E-state index is 0.660. The fraction of sp³-hybridized carbons (Fsp3) is 0.533. The van der Waals surface area contributed by atoms with Gasteiger partial charge in [0.05, 0.1) is 0 Å². The van der Waals surface area contributed by atoms with Gasteiger partial charge in [-0.05, 0) is 55.9 Å². The molecule has 0 atom stereocenters. The summed E-state index contributed by atoms with van der Waals surface area (Å²) in [6, 6.07) is 8.53. The molecule has 92 valence electrons. The van der Waals surface area contributed by atoms with Gasteiger partial charge in [0.2, 0.25) is 0 Å². The van der Waals surface area contributed by atoms with E-state index in [9.17, 15) is 4.79 Å². The number of carbonyl (C=O) groups is 1. The normalized spacial score (nSPS) is 24.4. The number of benzene rings is 1. The SMILES string of the molecule is CC1CCC(N(C)c2ccc(C=O)cc2)CC1. The van der Waals surface area contributed by atoms with Crippen LogP contribution in [-0.2, 0) is 0 Å². The first-order valence-electron chi connectivity index (χ1n) is 6.49. The standard InChI is InChI=1S/C15H21NO/c1-12-3-7-14(8-4-12)16(2)15-9-5-13(11-17)6-10-15/h5-6,9-12,14H,3-4,7-8H2,1-2H3. The maximum Gasteiger partial charge on any atom is 0.150 e. The van der Waals surface area contributed by atoms with E-state index in [1.54, 1.807) is 0 Å². The molecular formula is C15H21NO. The van der Waals surface area contributed by atoms with Gasteiger partial charge < -0.3 is 4.90 Å². The van der Waals surface area contributed by atoms with E-state index in [1.165, 1.54) is 31.4 Å². The second-order valence-corrected chi connectivity index (χ2v) is 5.23. The summed E-state index contributed by atoms with van der Waals surface area (Å²) < 4.78 is 0. The lowest BCUT2D eigenvalue weighted by molar-refractivity contribution is 0.112. The summed E-state index contributed by atoms with van der Waals surface area (Å²) in [5, 5.41) is 0. The lowest BCUT2D eigenvalue weighted by atomic mass is 9.86. The molecule has 0 saturated heterocycles. The van der Waals surface area contributed by atoms with Gasteiger partial charge in [0.1, 0.15) is 6.29 Å². The number of hydrogen-bond donors (Lipinski definition) is 0. The maximum absolute atomic E-state index is 10.6. The van der Waals surface area contributed by atoms with Crippen LogP contribution >= 0.6 is 0 Å². The van der Waals surface area contributed by atoms with Crippen molar-refractivity contribution in [1.82, 2.24) is 0 Å². The van der Waals surface area contributed by atoms with Crippen molar-refractivity contribution in [3.05, 3.63) is 29.8 Å². The largest absolute Gasteiger partial charge is 0.372 e. The van der Waals surface area contributed by atoms with Crippen molar-refractivity contribution in [3.8, 4) is 0 Å². The minimum Gasteiger partial charge on any atom is -0.372 e. The zero-order valence-electron chi connectivity index (χ0n) is 10.7. The fourth-order valence-electron chi connectivity index (χ4n) is 2.63. The fourth-order valence-corrected chi connectivity index (χ4v) is 2.63. The zero-order chi connectivity index (χ0) is 12.3. The lowest BCUT2D eigenvalue weighted by Crippen LogP contribution is -2.34. The highest BCUT2D eigenvalue weighted by molar-refractivity contribution is 5.75. The van der Waals surface area contributed by atoms with E-state index in [0.717, 1.165) is 17.8 Å². The molecule has 1 saturated carbocycles. The molecule has 2 heteroatoms. The Morgan fingerprint density at radius 1 is 1.12 bits per heavy atom. The highest BCUT2D eigenvalue weighted by Gasteiger charge is 2.21. The Labute approximate surface area is 104 Å². The average molecular weight is 231 g/mol. The van der Waals surface area contributed by atoms with Gasteiger partial charge in [-0.15, -0.1) is 0 Å². The van der Waals surface area contributed by atoms with Gasteiger partial charge in [-0.25, -0.2) is 0 Å². The average Bonchev–Trinajstić information content (AvgIpc) is 2.39. The Morgan fingerprint density at radius 2 is 1.71 bits per heavy atom. The Morgan fingerprint density at radius 3 is 2.24 bits per heavy atom. The van der Waals surface area contributed by atoms with E-state index in [-0.39, 0.29) is 0 Å². The number of anilines is 1. The molecule has 17 heavy (non-hydrogen) atoms. The summed E-state index contributed by atoms with van der Waals surface area (Å²) in [6.07, 6.45) is 6.13. The molecule has 0 amide bonds. The van der Waals surface area contributed by atoms with Gasteiger partial charge >= 0.3 is 0 Å². The third kappa shape index (κ3) is 2.87. The molecule has 1 aliphatic rings. The highest BCUT2D eigenvalue weighted by Crippen LogP contribution is 2.29.